The molecular weight excluding hydrogens is 348 g/mol. The highest BCUT2D eigenvalue weighted by Gasteiger charge is 2.12. The van der Waals surface area contributed by atoms with Crippen molar-refractivity contribution >= 4 is 22.9 Å². The minimum absolute atomic E-state index is 0.0384. The van der Waals surface area contributed by atoms with Crippen LogP contribution in [0.25, 0.3) is 0 Å². The van der Waals surface area contributed by atoms with Gasteiger partial charge in [0.1, 0.15) is 5.75 Å². The Morgan fingerprint density at radius 3 is 2.67 bits per heavy atom. The molecule has 1 aromatic carbocycles. The zero-order valence-electron chi connectivity index (χ0n) is 12.9. The van der Waals surface area contributed by atoms with Crippen molar-refractivity contribution < 1.29 is 20.4 Å². The Hall–Kier alpha value is -1.59. The van der Waals surface area contributed by atoms with Crippen molar-refractivity contribution in [3.63, 3.8) is 0 Å². The molecule has 0 spiro atoms. The number of benzene rings is 1. The predicted molar refractivity (Wildman–Crippen MR) is 95.3 cm³/mol. The number of aliphatic hydroxyl groups is 3. The third kappa shape index (κ3) is 5.21. The van der Waals surface area contributed by atoms with Crippen molar-refractivity contribution in [2.45, 2.75) is 25.0 Å². The summed E-state index contributed by atoms with van der Waals surface area (Å²) in [6, 6.07) is 8.09. The summed E-state index contributed by atoms with van der Waals surface area (Å²) in [7, 11) is 0. The van der Waals surface area contributed by atoms with Gasteiger partial charge < -0.3 is 20.4 Å². The molecule has 0 radical (unpaired) electrons. The molecule has 0 aliphatic carbocycles. The molecule has 0 aliphatic heterocycles. The van der Waals surface area contributed by atoms with Crippen LogP contribution in [0, 0.1) is 0 Å². The quantitative estimate of drug-likeness (QED) is 0.563. The Morgan fingerprint density at radius 1 is 1.25 bits per heavy atom. The third-order valence-electron chi connectivity index (χ3n) is 3.49. The normalized spacial score (nSPS) is 13.2. The number of thiophene rings is 1. The van der Waals surface area contributed by atoms with Crippen LogP contribution in [0.3, 0.4) is 0 Å². The van der Waals surface area contributed by atoms with Gasteiger partial charge in [0.2, 0.25) is 0 Å². The molecule has 6 heteroatoms. The van der Waals surface area contributed by atoms with Gasteiger partial charge >= 0.3 is 0 Å². The summed E-state index contributed by atoms with van der Waals surface area (Å²) in [5.41, 5.74) is 3.99. The molecule has 2 rings (SSSR count). The standard InChI is InChI=1S/C18H19ClO4S/c19-15-10-13(21)6-7-14(15)16(22)4-1-3-12(11-20)9-17(23)18-5-2-8-24-18/h1-2,5-8,10,16-17,20-23H,4,9,11H2/t3?,16-,17-/m1/s1. The molecule has 0 aliphatic rings. The Labute approximate surface area is 149 Å². The first-order valence-corrected chi connectivity index (χ1v) is 8.68. The van der Waals surface area contributed by atoms with E-state index in [4.69, 9.17) is 11.6 Å². The first kappa shape index (κ1) is 18.7. The van der Waals surface area contributed by atoms with E-state index in [9.17, 15) is 20.4 Å². The topological polar surface area (TPSA) is 80.9 Å². The maximum Gasteiger partial charge on any atom is 0.117 e. The van der Waals surface area contributed by atoms with Crippen LogP contribution in [0.4, 0.5) is 0 Å². The van der Waals surface area contributed by atoms with Crippen molar-refractivity contribution in [2.75, 3.05) is 6.61 Å². The van der Waals surface area contributed by atoms with Crippen molar-refractivity contribution in [2.24, 2.45) is 0 Å². The van der Waals surface area contributed by atoms with Crippen molar-refractivity contribution in [3.8, 4) is 5.75 Å². The second-order valence-electron chi connectivity index (χ2n) is 5.30. The first-order chi connectivity index (χ1) is 11.5. The third-order valence-corrected chi connectivity index (χ3v) is 4.79. The number of phenolic OH excluding ortho intramolecular Hbond substituents is 1. The smallest absolute Gasteiger partial charge is 0.117 e. The highest BCUT2D eigenvalue weighted by Crippen LogP contribution is 2.29. The van der Waals surface area contributed by atoms with Gasteiger partial charge in [-0.15, -0.1) is 17.1 Å². The number of phenols is 1. The van der Waals surface area contributed by atoms with E-state index in [1.807, 2.05) is 17.5 Å². The molecule has 0 amide bonds. The molecular formula is C18H19ClO4S. The zero-order valence-corrected chi connectivity index (χ0v) is 14.5. The van der Waals surface area contributed by atoms with Gasteiger partial charge in [0, 0.05) is 17.7 Å². The van der Waals surface area contributed by atoms with Crippen LogP contribution in [-0.2, 0) is 0 Å². The average Bonchev–Trinajstić information content (AvgIpc) is 3.08. The highest BCUT2D eigenvalue weighted by molar-refractivity contribution is 7.10. The molecule has 4 N–H and O–H groups in total. The molecule has 0 fully saturated rings. The summed E-state index contributed by atoms with van der Waals surface area (Å²) in [5.74, 6) is 0.0384. The van der Waals surface area contributed by atoms with Crippen molar-refractivity contribution in [3.05, 3.63) is 68.6 Å². The number of halogens is 1. The lowest BCUT2D eigenvalue weighted by Crippen LogP contribution is -2.00. The van der Waals surface area contributed by atoms with E-state index in [0.717, 1.165) is 4.88 Å². The van der Waals surface area contributed by atoms with E-state index in [1.54, 1.807) is 12.1 Å². The molecule has 2 aromatic rings. The summed E-state index contributed by atoms with van der Waals surface area (Å²) < 4.78 is 0. The number of hydrogen-bond donors (Lipinski definition) is 4. The molecule has 0 unspecified atom stereocenters. The van der Waals surface area contributed by atoms with Gasteiger partial charge in [0.05, 0.1) is 23.8 Å². The molecule has 1 heterocycles. The van der Waals surface area contributed by atoms with E-state index in [1.165, 1.54) is 23.5 Å². The van der Waals surface area contributed by atoms with E-state index in [0.29, 0.717) is 11.1 Å². The van der Waals surface area contributed by atoms with Crippen LogP contribution in [0.5, 0.6) is 5.75 Å². The van der Waals surface area contributed by atoms with E-state index >= 15 is 0 Å². The maximum atomic E-state index is 10.2. The number of aliphatic hydroxyl groups excluding tert-OH is 3. The fourth-order valence-corrected chi connectivity index (χ4v) is 3.22. The molecule has 128 valence electrons. The SMILES string of the molecule is OCC(=C=CC[C@@H](O)c1ccc(O)cc1Cl)C[C@@H](O)c1cccs1. The zero-order chi connectivity index (χ0) is 17.5. The maximum absolute atomic E-state index is 10.2. The fourth-order valence-electron chi connectivity index (χ4n) is 2.21. The molecule has 0 saturated carbocycles. The summed E-state index contributed by atoms with van der Waals surface area (Å²) >= 11 is 7.44. The summed E-state index contributed by atoms with van der Waals surface area (Å²) in [4.78, 5) is 0.832. The lowest BCUT2D eigenvalue weighted by Gasteiger charge is -2.10. The molecule has 2 atom stereocenters. The van der Waals surface area contributed by atoms with E-state index in [-0.39, 0.29) is 30.2 Å². The summed E-state index contributed by atoms with van der Waals surface area (Å²) in [6.07, 6.45) is 0.630. The average molecular weight is 367 g/mol. The number of aromatic hydroxyl groups is 1. The lowest BCUT2D eigenvalue weighted by atomic mass is 10.1. The first-order valence-electron chi connectivity index (χ1n) is 7.43. The van der Waals surface area contributed by atoms with Crippen LogP contribution in [0.2, 0.25) is 5.02 Å². The predicted octanol–water partition coefficient (Wildman–Crippen LogP) is 3.73. The van der Waals surface area contributed by atoms with Gasteiger partial charge in [-0.05, 0) is 40.8 Å². The van der Waals surface area contributed by atoms with Gasteiger partial charge in [-0.25, -0.2) is 0 Å². The van der Waals surface area contributed by atoms with Crippen molar-refractivity contribution in [1.82, 2.24) is 0 Å². The largest absolute Gasteiger partial charge is 0.508 e. The molecule has 0 saturated heterocycles. The Bertz CT molecular complexity index is 721. The van der Waals surface area contributed by atoms with Gasteiger partial charge in [-0.3, -0.25) is 0 Å². The van der Waals surface area contributed by atoms with Gasteiger partial charge in [0.25, 0.3) is 0 Å². The molecule has 1 aromatic heterocycles. The fraction of sp³-hybridized carbons (Fsp3) is 0.278. The monoisotopic (exact) mass is 366 g/mol. The Kier molecular flexibility index (Phi) is 7.06. The van der Waals surface area contributed by atoms with Crippen LogP contribution >= 0.6 is 22.9 Å². The van der Waals surface area contributed by atoms with Crippen LogP contribution in [0.15, 0.2) is 53.1 Å². The Morgan fingerprint density at radius 2 is 2.04 bits per heavy atom. The highest BCUT2D eigenvalue weighted by atomic mass is 35.5. The van der Waals surface area contributed by atoms with E-state index in [2.05, 4.69) is 5.73 Å². The van der Waals surface area contributed by atoms with Gasteiger partial charge in [-0.2, -0.15) is 0 Å². The molecule has 0 bridgehead atoms. The van der Waals surface area contributed by atoms with E-state index < -0.39 is 12.2 Å². The van der Waals surface area contributed by atoms with Gasteiger partial charge in [0.15, 0.2) is 0 Å². The summed E-state index contributed by atoms with van der Waals surface area (Å²) in [6.45, 7) is -0.213. The lowest BCUT2D eigenvalue weighted by molar-refractivity contribution is 0.175. The minimum atomic E-state index is -0.840. The number of hydrogen-bond acceptors (Lipinski definition) is 5. The van der Waals surface area contributed by atoms with Crippen LogP contribution in [-0.4, -0.2) is 27.0 Å². The summed E-state index contributed by atoms with van der Waals surface area (Å²) in [5, 5.41) is 41.1. The molecule has 24 heavy (non-hydrogen) atoms. The molecule has 4 nitrogen and oxygen atoms in total. The number of rotatable bonds is 7. The van der Waals surface area contributed by atoms with Crippen molar-refractivity contribution in [1.29, 1.82) is 0 Å². The Balaban J connectivity index is 2.02. The second kappa shape index (κ2) is 9.04. The second-order valence-corrected chi connectivity index (χ2v) is 6.69. The van der Waals surface area contributed by atoms with Gasteiger partial charge in [-0.1, -0.05) is 23.7 Å². The minimum Gasteiger partial charge on any atom is -0.508 e. The van der Waals surface area contributed by atoms with Crippen LogP contribution < -0.4 is 0 Å². The van der Waals surface area contributed by atoms with Crippen LogP contribution in [0.1, 0.15) is 35.5 Å².